The van der Waals surface area contributed by atoms with Gasteiger partial charge in [-0.15, -0.1) is 0 Å². The van der Waals surface area contributed by atoms with Gasteiger partial charge in [-0.05, 0) is 41.8 Å². The molecule has 0 fully saturated rings. The first-order valence-corrected chi connectivity index (χ1v) is 9.61. The van der Waals surface area contributed by atoms with Crippen molar-refractivity contribution in [2.75, 3.05) is 26.9 Å². The van der Waals surface area contributed by atoms with E-state index in [0.29, 0.717) is 0 Å². The third-order valence-corrected chi connectivity index (χ3v) is 4.72. The Kier molecular flexibility index (Phi) is 8.14. The third kappa shape index (κ3) is 6.26. The molecule has 0 radical (unpaired) electrons. The number of rotatable bonds is 11. The molecule has 0 saturated carbocycles. The average molecular weight is 373 g/mol. The Balaban J connectivity index is 2.00. The van der Waals surface area contributed by atoms with Crippen molar-refractivity contribution in [1.29, 1.82) is 0 Å². The summed E-state index contributed by atoms with van der Waals surface area (Å²) in [6.07, 6.45) is 1.59. The summed E-state index contributed by atoms with van der Waals surface area (Å²) in [5.74, 6) is 1.66. The first-order chi connectivity index (χ1) is 13.0. The van der Waals surface area contributed by atoms with E-state index in [1.165, 1.54) is 11.1 Å². The van der Waals surface area contributed by atoms with Crippen molar-refractivity contribution in [1.82, 2.24) is 0 Å². The summed E-state index contributed by atoms with van der Waals surface area (Å²) in [4.78, 5) is 0. The lowest BCUT2D eigenvalue weighted by molar-refractivity contribution is 0.0325. The maximum Gasteiger partial charge on any atom is 0.119 e. The lowest BCUT2D eigenvalue weighted by atomic mass is 9.78. The van der Waals surface area contributed by atoms with Gasteiger partial charge in [-0.2, -0.15) is 0 Å². The Morgan fingerprint density at radius 2 is 1.37 bits per heavy atom. The molecule has 0 aliphatic heterocycles. The van der Waals surface area contributed by atoms with Gasteiger partial charge < -0.3 is 19.3 Å². The second-order valence-electron chi connectivity index (χ2n) is 7.30. The first kappa shape index (κ1) is 21.3. The largest absolute Gasteiger partial charge is 0.494 e. The van der Waals surface area contributed by atoms with E-state index in [4.69, 9.17) is 14.2 Å². The van der Waals surface area contributed by atoms with Crippen LogP contribution in [0.15, 0.2) is 48.5 Å². The fourth-order valence-corrected chi connectivity index (χ4v) is 2.87. The molecule has 2 rings (SSSR count). The van der Waals surface area contributed by atoms with Crippen molar-refractivity contribution in [3.8, 4) is 11.5 Å². The molecule has 4 heteroatoms. The van der Waals surface area contributed by atoms with Crippen molar-refractivity contribution < 1.29 is 19.3 Å². The number of benzene rings is 2. The van der Waals surface area contributed by atoms with Gasteiger partial charge >= 0.3 is 0 Å². The minimum atomic E-state index is -0.621. The van der Waals surface area contributed by atoms with Crippen LogP contribution in [0.2, 0.25) is 0 Å². The van der Waals surface area contributed by atoms with Crippen LogP contribution in [0.4, 0.5) is 0 Å². The molecule has 0 bridgehead atoms. The lowest BCUT2D eigenvalue weighted by Crippen LogP contribution is -2.22. The second-order valence-corrected chi connectivity index (χ2v) is 7.30. The van der Waals surface area contributed by atoms with Gasteiger partial charge in [0.25, 0.3) is 0 Å². The van der Waals surface area contributed by atoms with Gasteiger partial charge in [-0.3, -0.25) is 0 Å². The second kappa shape index (κ2) is 10.3. The number of aliphatic hydroxyl groups is 1. The third-order valence-electron chi connectivity index (χ3n) is 4.72. The quantitative estimate of drug-likeness (QED) is 0.587. The molecule has 1 atom stereocenters. The van der Waals surface area contributed by atoms with Crippen LogP contribution in [0, 0.1) is 0 Å². The molecule has 0 heterocycles. The zero-order valence-electron chi connectivity index (χ0n) is 16.9. The van der Waals surface area contributed by atoms with Crippen molar-refractivity contribution >= 4 is 0 Å². The minimum absolute atomic E-state index is 0.129. The molecular formula is C23H32O4. The normalized spacial score (nSPS) is 12.6. The number of aliphatic hydroxyl groups excluding tert-OH is 1. The van der Waals surface area contributed by atoms with Gasteiger partial charge in [0.2, 0.25) is 0 Å². The van der Waals surface area contributed by atoms with E-state index >= 15 is 0 Å². The summed E-state index contributed by atoms with van der Waals surface area (Å²) in [6.45, 7) is 7.82. The van der Waals surface area contributed by atoms with E-state index in [2.05, 4.69) is 45.0 Å². The molecule has 0 amide bonds. The number of methoxy groups -OCH3 is 1. The predicted octanol–water partition coefficient (Wildman–Crippen LogP) is 4.58. The average Bonchev–Trinajstić information content (AvgIpc) is 2.67. The number of unbranched alkanes of at least 4 members (excludes halogenated alkanes) is 1. The molecular weight excluding hydrogens is 340 g/mol. The Hall–Kier alpha value is -2.04. The number of hydrogen-bond acceptors (Lipinski definition) is 4. The minimum Gasteiger partial charge on any atom is -0.494 e. The van der Waals surface area contributed by atoms with Crippen LogP contribution >= 0.6 is 0 Å². The van der Waals surface area contributed by atoms with Gasteiger partial charge in [0.1, 0.15) is 24.2 Å². The van der Waals surface area contributed by atoms with E-state index in [9.17, 15) is 5.11 Å². The maximum atomic E-state index is 9.67. The molecule has 0 spiro atoms. The molecule has 148 valence electrons. The summed E-state index contributed by atoms with van der Waals surface area (Å²) in [5.41, 5.74) is 2.30. The Labute approximate surface area is 163 Å². The number of ether oxygens (including phenoxy) is 3. The first-order valence-electron chi connectivity index (χ1n) is 9.61. The van der Waals surface area contributed by atoms with Crippen LogP contribution in [-0.4, -0.2) is 38.1 Å². The van der Waals surface area contributed by atoms with Gasteiger partial charge in [0.15, 0.2) is 0 Å². The molecule has 2 aromatic carbocycles. The van der Waals surface area contributed by atoms with Gasteiger partial charge in [0, 0.05) is 12.5 Å². The van der Waals surface area contributed by atoms with Crippen molar-refractivity contribution in [3.63, 3.8) is 0 Å². The molecule has 0 aliphatic rings. The molecule has 27 heavy (non-hydrogen) atoms. The van der Waals surface area contributed by atoms with Crippen LogP contribution in [0.5, 0.6) is 11.5 Å². The van der Waals surface area contributed by atoms with Crippen LogP contribution in [0.1, 0.15) is 44.7 Å². The Morgan fingerprint density at radius 3 is 1.85 bits per heavy atom. The molecule has 0 saturated heterocycles. The Morgan fingerprint density at radius 1 is 0.852 bits per heavy atom. The van der Waals surface area contributed by atoms with Crippen LogP contribution in [-0.2, 0) is 10.2 Å². The molecule has 0 aromatic heterocycles. The van der Waals surface area contributed by atoms with E-state index in [1.54, 1.807) is 7.11 Å². The van der Waals surface area contributed by atoms with Crippen LogP contribution < -0.4 is 9.47 Å². The van der Waals surface area contributed by atoms with Crippen LogP contribution in [0.25, 0.3) is 0 Å². The molecule has 1 N–H and O–H groups in total. The van der Waals surface area contributed by atoms with Crippen molar-refractivity contribution in [2.45, 2.75) is 45.1 Å². The topological polar surface area (TPSA) is 47.9 Å². The summed E-state index contributed by atoms with van der Waals surface area (Å²) in [5, 5.41) is 9.67. The molecule has 0 aliphatic carbocycles. The van der Waals surface area contributed by atoms with Crippen molar-refractivity contribution in [3.05, 3.63) is 59.7 Å². The fraction of sp³-hybridized carbons (Fsp3) is 0.478. The highest BCUT2D eigenvalue weighted by Crippen LogP contribution is 2.33. The highest BCUT2D eigenvalue weighted by Gasteiger charge is 2.23. The van der Waals surface area contributed by atoms with Crippen LogP contribution in [0.3, 0.4) is 0 Å². The standard InChI is InChI=1S/C23H32O4/c1-5-6-15-26-21-11-7-18(8-12-21)23(2,3)19-9-13-22(14-10-19)27-17-20(24)16-25-4/h7-14,20,24H,5-6,15-17H2,1-4H3. The molecule has 4 nitrogen and oxygen atoms in total. The summed E-state index contributed by atoms with van der Waals surface area (Å²) < 4.78 is 16.3. The highest BCUT2D eigenvalue weighted by atomic mass is 16.5. The summed E-state index contributed by atoms with van der Waals surface area (Å²) in [7, 11) is 1.56. The maximum absolute atomic E-state index is 9.67. The van der Waals surface area contributed by atoms with Gasteiger partial charge in [0.05, 0.1) is 13.2 Å². The zero-order chi connectivity index (χ0) is 19.7. The van der Waals surface area contributed by atoms with E-state index < -0.39 is 6.10 Å². The van der Waals surface area contributed by atoms with Gasteiger partial charge in [-0.25, -0.2) is 0 Å². The summed E-state index contributed by atoms with van der Waals surface area (Å²) >= 11 is 0. The zero-order valence-corrected chi connectivity index (χ0v) is 16.9. The van der Waals surface area contributed by atoms with E-state index in [1.807, 2.05) is 24.3 Å². The summed E-state index contributed by atoms with van der Waals surface area (Å²) in [6, 6.07) is 16.4. The smallest absolute Gasteiger partial charge is 0.119 e. The molecule has 2 aromatic rings. The molecule has 1 unspecified atom stereocenters. The predicted molar refractivity (Wildman–Crippen MR) is 109 cm³/mol. The van der Waals surface area contributed by atoms with E-state index in [0.717, 1.165) is 30.9 Å². The van der Waals surface area contributed by atoms with Crippen molar-refractivity contribution in [2.24, 2.45) is 0 Å². The van der Waals surface area contributed by atoms with Gasteiger partial charge in [-0.1, -0.05) is 51.5 Å². The number of hydrogen-bond donors (Lipinski definition) is 1. The highest BCUT2D eigenvalue weighted by molar-refractivity contribution is 5.41. The van der Waals surface area contributed by atoms with E-state index in [-0.39, 0.29) is 18.6 Å². The fourth-order valence-electron chi connectivity index (χ4n) is 2.87. The monoisotopic (exact) mass is 372 g/mol. The SMILES string of the molecule is CCCCOc1ccc(C(C)(C)c2ccc(OCC(O)COC)cc2)cc1. The lowest BCUT2D eigenvalue weighted by Gasteiger charge is -2.26. The Bertz CT molecular complexity index is 662.